The highest BCUT2D eigenvalue weighted by atomic mass is 32.1. The van der Waals surface area contributed by atoms with Crippen molar-refractivity contribution in [3.8, 4) is 0 Å². The van der Waals surface area contributed by atoms with Gasteiger partial charge in [0.15, 0.2) is 5.01 Å². The Balaban J connectivity index is 1.86. The Morgan fingerprint density at radius 1 is 0.923 bits per heavy atom. The van der Waals surface area contributed by atoms with Crippen LogP contribution in [0.3, 0.4) is 0 Å². The quantitative estimate of drug-likeness (QED) is 0.580. The van der Waals surface area contributed by atoms with E-state index in [1.54, 1.807) is 0 Å². The van der Waals surface area contributed by atoms with Crippen LogP contribution in [0, 0.1) is 0 Å². The lowest BCUT2D eigenvalue weighted by Gasteiger charge is -2.09. The van der Waals surface area contributed by atoms with Gasteiger partial charge < -0.3 is 5.32 Å². The van der Waals surface area contributed by atoms with E-state index < -0.39 is 29.4 Å². The summed E-state index contributed by atoms with van der Waals surface area (Å²) in [6.45, 7) is 0. The number of nitrogens with one attached hydrogen (secondary N) is 1. The van der Waals surface area contributed by atoms with Gasteiger partial charge >= 0.3 is 12.4 Å². The van der Waals surface area contributed by atoms with Crippen LogP contribution in [0.5, 0.6) is 0 Å². The second-order valence-electron chi connectivity index (χ2n) is 5.23. The number of carbonyl (C=O) groups is 1. The van der Waals surface area contributed by atoms with E-state index >= 15 is 0 Å². The number of thiazole rings is 1. The molecule has 1 amide bonds. The molecular weight excluding hydrogens is 382 g/mol. The van der Waals surface area contributed by atoms with Crippen molar-refractivity contribution in [1.29, 1.82) is 0 Å². The molecule has 10 heteroatoms. The van der Waals surface area contributed by atoms with Crippen molar-refractivity contribution < 1.29 is 31.1 Å². The van der Waals surface area contributed by atoms with Gasteiger partial charge in [-0.1, -0.05) is 6.07 Å². The Morgan fingerprint density at radius 3 is 2.23 bits per heavy atom. The van der Waals surface area contributed by atoms with Crippen molar-refractivity contribution in [3.63, 3.8) is 0 Å². The summed E-state index contributed by atoms with van der Waals surface area (Å²) in [6, 6.07) is 6.88. The number of alkyl halides is 6. The molecule has 136 valence electrons. The van der Waals surface area contributed by atoms with Crippen LogP contribution in [0.25, 0.3) is 10.2 Å². The summed E-state index contributed by atoms with van der Waals surface area (Å²) in [4.78, 5) is 16.0. The molecule has 0 bridgehead atoms. The number of aromatic nitrogens is 1. The molecular formula is C16H8F6N2OS. The number of halogens is 6. The van der Waals surface area contributed by atoms with E-state index in [1.807, 2.05) is 0 Å². The molecule has 3 aromatic rings. The van der Waals surface area contributed by atoms with Gasteiger partial charge in [0.05, 0.1) is 21.3 Å². The Morgan fingerprint density at radius 2 is 1.58 bits per heavy atom. The number of rotatable bonds is 2. The molecule has 0 aliphatic carbocycles. The Labute approximate surface area is 146 Å². The van der Waals surface area contributed by atoms with Gasteiger partial charge in [0.2, 0.25) is 0 Å². The molecule has 3 rings (SSSR count). The van der Waals surface area contributed by atoms with Crippen molar-refractivity contribution in [2.75, 3.05) is 5.32 Å². The fraction of sp³-hybridized carbons (Fsp3) is 0.125. The molecule has 0 saturated heterocycles. The fourth-order valence-corrected chi connectivity index (χ4v) is 3.00. The lowest BCUT2D eigenvalue weighted by atomic mass is 10.2. The lowest BCUT2D eigenvalue weighted by Crippen LogP contribution is -2.12. The summed E-state index contributed by atoms with van der Waals surface area (Å²) in [5.41, 5.74) is -1.95. The predicted octanol–water partition coefficient (Wildman–Crippen LogP) is 5.59. The van der Waals surface area contributed by atoms with Crippen molar-refractivity contribution in [3.05, 3.63) is 58.6 Å². The third kappa shape index (κ3) is 3.79. The molecule has 0 radical (unpaired) electrons. The maximum absolute atomic E-state index is 12.7. The normalized spacial score (nSPS) is 12.4. The number of anilines is 1. The molecule has 0 saturated carbocycles. The van der Waals surface area contributed by atoms with Gasteiger partial charge in [-0.25, -0.2) is 4.98 Å². The minimum atomic E-state index is -4.56. The third-order valence-electron chi connectivity index (χ3n) is 3.36. The predicted molar refractivity (Wildman–Crippen MR) is 84.0 cm³/mol. The van der Waals surface area contributed by atoms with E-state index in [1.165, 1.54) is 12.1 Å². The largest absolute Gasteiger partial charge is 0.416 e. The molecule has 0 fully saturated rings. The maximum Gasteiger partial charge on any atom is 0.416 e. The van der Waals surface area contributed by atoms with Crippen molar-refractivity contribution in [2.45, 2.75) is 12.4 Å². The zero-order chi connectivity index (χ0) is 19.1. The summed E-state index contributed by atoms with van der Waals surface area (Å²) in [7, 11) is 0. The number of nitrogens with zero attached hydrogens (tertiary/aromatic N) is 1. The molecule has 0 unspecified atom stereocenters. The first-order valence-corrected chi connectivity index (χ1v) is 7.82. The molecule has 0 aliphatic rings. The number of hydrogen-bond acceptors (Lipinski definition) is 3. The zero-order valence-corrected chi connectivity index (χ0v) is 13.4. The highest BCUT2D eigenvalue weighted by molar-refractivity contribution is 7.20. The molecule has 1 aromatic heterocycles. The van der Waals surface area contributed by atoms with E-state index in [9.17, 15) is 31.1 Å². The summed E-state index contributed by atoms with van der Waals surface area (Å²) in [5.74, 6) is -0.806. The Hall–Kier alpha value is -2.62. The third-order valence-corrected chi connectivity index (χ3v) is 4.39. The van der Waals surface area contributed by atoms with Crippen LogP contribution in [0.15, 0.2) is 42.5 Å². The topological polar surface area (TPSA) is 42.0 Å². The van der Waals surface area contributed by atoms with Crippen molar-refractivity contribution in [1.82, 2.24) is 4.98 Å². The first-order chi connectivity index (χ1) is 12.0. The first-order valence-electron chi connectivity index (χ1n) is 7.00. The van der Waals surface area contributed by atoms with Crippen LogP contribution in [0.2, 0.25) is 0 Å². The average Bonchev–Trinajstić information content (AvgIpc) is 2.96. The van der Waals surface area contributed by atoms with Crippen molar-refractivity contribution >= 4 is 33.1 Å². The van der Waals surface area contributed by atoms with Gasteiger partial charge in [-0.2, -0.15) is 26.3 Å². The highest BCUT2D eigenvalue weighted by Crippen LogP contribution is 2.33. The number of benzene rings is 2. The maximum atomic E-state index is 12.7. The zero-order valence-electron chi connectivity index (χ0n) is 12.6. The van der Waals surface area contributed by atoms with Crippen LogP contribution >= 0.6 is 11.3 Å². The molecule has 0 atom stereocenters. The fourth-order valence-electron chi connectivity index (χ4n) is 2.16. The SMILES string of the molecule is O=C(Nc1cccc(C(F)(F)F)c1)c1nc2cc(C(F)(F)F)ccc2s1. The Kier molecular flexibility index (Phi) is 4.39. The molecule has 1 N–H and O–H groups in total. The molecule has 0 aliphatic heterocycles. The second-order valence-corrected chi connectivity index (χ2v) is 6.26. The molecule has 1 heterocycles. The number of hydrogen-bond donors (Lipinski definition) is 1. The number of amides is 1. The van der Waals surface area contributed by atoms with E-state index in [4.69, 9.17) is 0 Å². The van der Waals surface area contributed by atoms with E-state index in [0.717, 1.165) is 41.7 Å². The summed E-state index contributed by atoms with van der Waals surface area (Å²) < 4.78 is 76.5. The molecule has 2 aromatic carbocycles. The minimum absolute atomic E-state index is 0.0148. The van der Waals surface area contributed by atoms with E-state index in [0.29, 0.717) is 4.70 Å². The summed E-state index contributed by atoms with van der Waals surface area (Å²) in [6.07, 6.45) is -9.11. The van der Waals surface area contributed by atoms with Crippen molar-refractivity contribution in [2.24, 2.45) is 0 Å². The van der Waals surface area contributed by atoms with Gasteiger partial charge in [-0.05, 0) is 36.4 Å². The monoisotopic (exact) mass is 390 g/mol. The second kappa shape index (κ2) is 6.27. The van der Waals surface area contributed by atoms with Gasteiger partial charge in [0.1, 0.15) is 0 Å². The van der Waals surface area contributed by atoms with Crippen LogP contribution < -0.4 is 5.32 Å². The van der Waals surface area contributed by atoms with Gasteiger partial charge in [0, 0.05) is 5.69 Å². The molecule has 3 nitrogen and oxygen atoms in total. The van der Waals surface area contributed by atoms with E-state index in [2.05, 4.69) is 10.3 Å². The van der Waals surface area contributed by atoms with Crippen LogP contribution in [-0.4, -0.2) is 10.9 Å². The summed E-state index contributed by atoms with van der Waals surface area (Å²) >= 11 is 0.841. The average molecular weight is 390 g/mol. The van der Waals surface area contributed by atoms with Crippen LogP contribution in [-0.2, 0) is 12.4 Å². The summed E-state index contributed by atoms with van der Waals surface area (Å²) in [5, 5.41) is 2.11. The lowest BCUT2D eigenvalue weighted by molar-refractivity contribution is -0.138. The number of fused-ring (bicyclic) bond motifs is 1. The minimum Gasteiger partial charge on any atom is -0.320 e. The van der Waals surface area contributed by atoms with Gasteiger partial charge in [-0.15, -0.1) is 11.3 Å². The standard InChI is InChI=1S/C16H8F6N2OS/c17-15(18,19)8-2-1-3-10(6-8)23-13(25)14-24-11-7-9(16(20,21)22)4-5-12(11)26-14/h1-7H,(H,23,25). The van der Waals surface area contributed by atoms with Gasteiger partial charge in [-0.3, -0.25) is 4.79 Å². The molecule has 26 heavy (non-hydrogen) atoms. The van der Waals surface area contributed by atoms with Crippen LogP contribution in [0.1, 0.15) is 20.9 Å². The highest BCUT2D eigenvalue weighted by Gasteiger charge is 2.31. The van der Waals surface area contributed by atoms with E-state index in [-0.39, 0.29) is 16.2 Å². The number of carbonyl (C=O) groups excluding carboxylic acids is 1. The smallest absolute Gasteiger partial charge is 0.320 e. The molecule has 0 spiro atoms. The Bertz CT molecular complexity index is 977. The van der Waals surface area contributed by atoms with Gasteiger partial charge in [0.25, 0.3) is 5.91 Å². The van der Waals surface area contributed by atoms with Crippen LogP contribution in [0.4, 0.5) is 32.0 Å². The first kappa shape index (κ1) is 18.2.